The molecular weight excluding hydrogens is 364 g/mol. The number of hydrogen-bond acceptors (Lipinski definition) is 5. The van der Waals surface area contributed by atoms with Gasteiger partial charge in [-0.3, -0.25) is 14.9 Å². The molecule has 108 valence electrons. The van der Waals surface area contributed by atoms with E-state index in [4.69, 9.17) is 16.3 Å². The number of ether oxygens (including phenoxy) is 1. The number of aromatic nitrogens is 1. The van der Waals surface area contributed by atoms with E-state index in [1.165, 1.54) is 18.3 Å². The van der Waals surface area contributed by atoms with E-state index >= 15 is 0 Å². The van der Waals surface area contributed by atoms with Gasteiger partial charge >= 0.3 is 0 Å². The monoisotopic (exact) mass is 370 g/mol. The van der Waals surface area contributed by atoms with E-state index < -0.39 is 4.92 Å². The average molecular weight is 372 g/mol. The molecule has 1 aromatic heterocycles. The Balaban J connectivity index is 2.20. The van der Waals surface area contributed by atoms with Gasteiger partial charge in [-0.1, -0.05) is 17.7 Å². The van der Waals surface area contributed by atoms with Gasteiger partial charge in [-0.15, -0.1) is 0 Å². The molecule has 1 aromatic carbocycles. The molecule has 0 saturated heterocycles. The van der Waals surface area contributed by atoms with Crippen molar-refractivity contribution in [2.24, 2.45) is 0 Å². The molecule has 0 aliphatic carbocycles. The highest BCUT2D eigenvalue weighted by molar-refractivity contribution is 9.10. The molecule has 0 bridgehead atoms. The summed E-state index contributed by atoms with van der Waals surface area (Å²) in [5.41, 5.74) is 0.519. The second kappa shape index (κ2) is 6.64. The summed E-state index contributed by atoms with van der Waals surface area (Å²) in [5, 5.41) is 10.9. The van der Waals surface area contributed by atoms with Gasteiger partial charge in [0.05, 0.1) is 4.92 Å². The van der Waals surface area contributed by atoms with Crippen molar-refractivity contribution in [3.63, 3.8) is 0 Å². The minimum Gasteiger partial charge on any atom is -0.486 e. The molecule has 0 spiro atoms. The second-order valence-electron chi connectivity index (χ2n) is 3.99. The van der Waals surface area contributed by atoms with Crippen molar-refractivity contribution in [3.8, 4) is 5.75 Å². The number of aldehydes is 1. The molecule has 21 heavy (non-hydrogen) atoms. The minimum absolute atomic E-state index is 0.0526. The first-order chi connectivity index (χ1) is 10.0. The first kappa shape index (κ1) is 15.4. The number of pyridine rings is 1. The number of benzene rings is 1. The molecule has 2 rings (SSSR count). The quantitative estimate of drug-likeness (QED) is 0.453. The molecule has 8 heteroatoms. The second-order valence-corrected chi connectivity index (χ2v) is 5.31. The van der Waals surface area contributed by atoms with Crippen LogP contribution in [0.15, 0.2) is 34.9 Å². The molecule has 0 N–H and O–H groups in total. The highest BCUT2D eigenvalue weighted by Gasteiger charge is 2.13. The number of carbonyl (C=O) groups is 1. The van der Waals surface area contributed by atoms with Crippen LogP contribution in [0.1, 0.15) is 16.1 Å². The normalized spacial score (nSPS) is 10.2. The van der Waals surface area contributed by atoms with Crippen molar-refractivity contribution in [1.29, 1.82) is 0 Å². The van der Waals surface area contributed by atoms with Gasteiger partial charge in [0.25, 0.3) is 5.69 Å². The summed E-state index contributed by atoms with van der Waals surface area (Å²) in [6.07, 6.45) is 2.05. The number of nitro groups is 1. The van der Waals surface area contributed by atoms with Crippen LogP contribution >= 0.6 is 27.5 Å². The Morgan fingerprint density at radius 2 is 2.19 bits per heavy atom. The lowest BCUT2D eigenvalue weighted by molar-refractivity contribution is -0.384. The van der Waals surface area contributed by atoms with Crippen LogP contribution in [0.25, 0.3) is 0 Å². The molecular formula is C13H8BrClN2O4. The lowest BCUT2D eigenvalue weighted by Gasteiger charge is -2.08. The average Bonchev–Trinajstić information content (AvgIpc) is 2.46. The van der Waals surface area contributed by atoms with Crippen LogP contribution < -0.4 is 4.74 Å². The number of nitrogens with zero attached hydrogens (tertiary/aromatic N) is 2. The zero-order valence-electron chi connectivity index (χ0n) is 10.5. The predicted molar refractivity (Wildman–Crippen MR) is 79.8 cm³/mol. The first-order valence-corrected chi connectivity index (χ1v) is 6.84. The van der Waals surface area contributed by atoms with Crippen LogP contribution in [-0.2, 0) is 6.61 Å². The summed E-state index contributed by atoms with van der Waals surface area (Å²) < 4.78 is 6.14. The number of halogens is 2. The molecule has 1 heterocycles. The van der Waals surface area contributed by atoms with E-state index in [1.54, 1.807) is 12.1 Å². The predicted octanol–water partition coefficient (Wildman–Crippen LogP) is 3.80. The van der Waals surface area contributed by atoms with E-state index in [0.717, 1.165) is 0 Å². The molecule has 0 radical (unpaired) electrons. The number of hydrogen-bond donors (Lipinski definition) is 0. The molecule has 0 unspecified atom stereocenters. The maximum atomic E-state index is 10.9. The summed E-state index contributed by atoms with van der Waals surface area (Å²) in [7, 11) is 0. The largest absolute Gasteiger partial charge is 0.486 e. The molecule has 0 aliphatic rings. The standard InChI is InChI=1S/C13H8BrClN2O4/c14-9-4-13(11(6-18)16-5-9)21-7-8-1-2-10(15)12(3-8)17(19)20/h1-6H,7H2. The Morgan fingerprint density at radius 1 is 1.43 bits per heavy atom. The lowest BCUT2D eigenvalue weighted by Crippen LogP contribution is -2.01. The lowest BCUT2D eigenvalue weighted by atomic mass is 10.2. The van der Waals surface area contributed by atoms with Crippen molar-refractivity contribution in [2.75, 3.05) is 0 Å². The van der Waals surface area contributed by atoms with Gasteiger partial charge < -0.3 is 4.74 Å². The first-order valence-electron chi connectivity index (χ1n) is 5.67. The van der Waals surface area contributed by atoms with Gasteiger partial charge in [-0.2, -0.15) is 0 Å². The third-order valence-corrected chi connectivity index (χ3v) is 3.31. The molecule has 6 nitrogen and oxygen atoms in total. The van der Waals surface area contributed by atoms with Crippen molar-refractivity contribution < 1.29 is 14.5 Å². The minimum atomic E-state index is -0.566. The smallest absolute Gasteiger partial charge is 0.288 e. The fourth-order valence-corrected chi connectivity index (χ4v) is 2.08. The van der Waals surface area contributed by atoms with Gasteiger partial charge in [-0.25, -0.2) is 4.98 Å². The van der Waals surface area contributed by atoms with Crippen LogP contribution in [-0.4, -0.2) is 16.2 Å². The third kappa shape index (κ3) is 3.77. The maximum Gasteiger partial charge on any atom is 0.288 e. The SMILES string of the molecule is O=Cc1ncc(Br)cc1OCc1ccc(Cl)c([N+](=O)[O-])c1. The number of rotatable bonds is 5. The van der Waals surface area contributed by atoms with E-state index in [9.17, 15) is 14.9 Å². The fourth-order valence-electron chi connectivity index (χ4n) is 1.58. The highest BCUT2D eigenvalue weighted by Crippen LogP contribution is 2.26. The van der Waals surface area contributed by atoms with Gasteiger partial charge in [0.1, 0.15) is 23.1 Å². The summed E-state index contributed by atoms with van der Waals surface area (Å²) in [6.45, 7) is 0.0526. The molecule has 2 aromatic rings. The van der Waals surface area contributed by atoms with E-state index in [0.29, 0.717) is 16.3 Å². The van der Waals surface area contributed by atoms with Gasteiger partial charge in [-0.05, 0) is 33.6 Å². The van der Waals surface area contributed by atoms with E-state index in [2.05, 4.69) is 20.9 Å². The molecule has 0 amide bonds. The Hall–Kier alpha value is -1.99. The van der Waals surface area contributed by atoms with Crippen molar-refractivity contribution in [1.82, 2.24) is 4.98 Å². The van der Waals surface area contributed by atoms with Crippen molar-refractivity contribution >= 4 is 39.5 Å². The summed E-state index contributed by atoms with van der Waals surface area (Å²) in [5.74, 6) is 0.289. The summed E-state index contributed by atoms with van der Waals surface area (Å²) in [4.78, 5) is 25.0. The fraction of sp³-hybridized carbons (Fsp3) is 0.0769. The van der Waals surface area contributed by atoms with Gasteiger partial charge in [0.2, 0.25) is 0 Å². The zero-order chi connectivity index (χ0) is 15.4. The Morgan fingerprint density at radius 3 is 2.86 bits per heavy atom. The topological polar surface area (TPSA) is 82.3 Å². The Bertz CT molecular complexity index is 709. The van der Waals surface area contributed by atoms with Crippen LogP contribution in [0.4, 0.5) is 5.69 Å². The molecule has 0 saturated carbocycles. The van der Waals surface area contributed by atoms with Crippen molar-refractivity contribution in [2.45, 2.75) is 6.61 Å². The van der Waals surface area contributed by atoms with Crippen LogP contribution in [0.2, 0.25) is 5.02 Å². The summed E-state index contributed by atoms with van der Waals surface area (Å²) >= 11 is 8.96. The molecule has 0 fully saturated rings. The maximum absolute atomic E-state index is 10.9. The van der Waals surface area contributed by atoms with Crippen LogP contribution in [0.5, 0.6) is 5.75 Å². The van der Waals surface area contributed by atoms with E-state index in [-0.39, 0.29) is 28.8 Å². The van der Waals surface area contributed by atoms with Gasteiger partial charge in [0.15, 0.2) is 6.29 Å². The zero-order valence-corrected chi connectivity index (χ0v) is 12.8. The Labute approximate surface area is 133 Å². The molecule has 0 aliphatic heterocycles. The summed E-state index contributed by atoms with van der Waals surface area (Å²) in [6, 6.07) is 5.97. The van der Waals surface area contributed by atoms with Crippen LogP contribution in [0.3, 0.4) is 0 Å². The third-order valence-electron chi connectivity index (χ3n) is 2.56. The Kier molecular flexibility index (Phi) is 4.87. The van der Waals surface area contributed by atoms with Gasteiger partial charge in [0, 0.05) is 16.7 Å². The highest BCUT2D eigenvalue weighted by atomic mass is 79.9. The van der Waals surface area contributed by atoms with E-state index in [1.807, 2.05) is 0 Å². The van der Waals surface area contributed by atoms with Crippen LogP contribution in [0, 0.1) is 10.1 Å². The number of carbonyl (C=O) groups excluding carboxylic acids is 1. The molecule has 0 atom stereocenters. The number of nitro benzene ring substituents is 1. The van der Waals surface area contributed by atoms with Crippen molar-refractivity contribution in [3.05, 3.63) is 61.3 Å².